The average Bonchev–Trinajstić information content (AvgIpc) is 3.38. The van der Waals surface area contributed by atoms with E-state index in [2.05, 4.69) is 18.2 Å². The van der Waals surface area contributed by atoms with E-state index >= 15 is 0 Å². The van der Waals surface area contributed by atoms with E-state index in [9.17, 15) is 4.79 Å². The molecular weight excluding hydrogens is 328 g/mol. The second-order valence-electron chi connectivity index (χ2n) is 7.50. The highest BCUT2D eigenvalue weighted by atomic mass is 16.5. The van der Waals surface area contributed by atoms with Crippen LogP contribution in [0.3, 0.4) is 0 Å². The van der Waals surface area contributed by atoms with Crippen LogP contribution in [-0.4, -0.2) is 24.3 Å². The molecule has 136 valence electrons. The Labute approximate surface area is 153 Å². The van der Waals surface area contributed by atoms with E-state index in [1.54, 1.807) is 0 Å². The molecule has 0 saturated heterocycles. The van der Waals surface area contributed by atoms with Gasteiger partial charge < -0.3 is 14.6 Å². The average molecular weight is 352 g/mol. The summed E-state index contributed by atoms with van der Waals surface area (Å²) < 4.78 is 11.7. The second-order valence-corrected chi connectivity index (χ2v) is 7.50. The maximum Gasteiger partial charge on any atom is 0.306 e. The maximum absolute atomic E-state index is 10.8. The molecule has 0 radical (unpaired) electrons. The SMILES string of the molecule is O=C(O)[C@H]1C[C@@H]1COCC1CC(c2cccc(Oc3ccccc3)c2)C1. The molecule has 0 bridgehead atoms. The zero-order valence-corrected chi connectivity index (χ0v) is 14.7. The van der Waals surface area contributed by atoms with Gasteiger partial charge in [-0.1, -0.05) is 30.3 Å². The number of para-hydroxylation sites is 1. The number of hydrogen-bond donors (Lipinski definition) is 1. The van der Waals surface area contributed by atoms with E-state index < -0.39 is 5.97 Å². The molecule has 2 aromatic carbocycles. The van der Waals surface area contributed by atoms with E-state index in [-0.39, 0.29) is 11.8 Å². The minimum Gasteiger partial charge on any atom is -0.481 e. The fraction of sp³-hybridized carbons (Fsp3) is 0.409. The molecule has 0 amide bonds. The van der Waals surface area contributed by atoms with E-state index in [0.717, 1.165) is 37.4 Å². The molecule has 0 unspecified atom stereocenters. The van der Waals surface area contributed by atoms with Crippen molar-refractivity contribution in [2.24, 2.45) is 17.8 Å². The summed E-state index contributed by atoms with van der Waals surface area (Å²) >= 11 is 0. The third-order valence-electron chi connectivity index (χ3n) is 5.47. The van der Waals surface area contributed by atoms with E-state index in [4.69, 9.17) is 14.6 Å². The normalized spacial score (nSPS) is 26.8. The van der Waals surface area contributed by atoms with Crippen molar-refractivity contribution in [3.05, 3.63) is 60.2 Å². The summed E-state index contributed by atoms with van der Waals surface area (Å²) in [5.74, 6) is 2.26. The first-order chi connectivity index (χ1) is 12.7. The van der Waals surface area contributed by atoms with Gasteiger partial charge in [0, 0.05) is 6.61 Å². The summed E-state index contributed by atoms with van der Waals surface area (Å²) in [7, 11) is 0. The lowest BCUT2D eigenvalue weighted by atomic mass is 9.72. The van der Waals surface area contributed by atoms with Gasteiger partial charge in [-0.05, 0) is 66.8 Å². The van der Waals surface area contributed by atoms with Crippen LogP contribution >= 0.6 is 0 Å². The van der Waals surface area contributed by atoms with Crippen molar-refractivity contribution in [1.29, 1.82) is 0 Å². The third-order valence-corrected chi connectivity index (χ3v) is 5.47. The molecule has 0 aliphatic heterocycles. The molecule has 0 aromatic heterocycles. The molecule has 2 saturated carbocycles. The molecule has 2 aliphatic rings. The molecule has 0 heterocycles. The highest BCUT2D eigenvalue weighted by molar-refractivity contribution is 5.73. The first-order valence-corrected chi connectivity index (χ1v) is 9.32. The van der Waals surface area contributed by atoms with Gasteiger partial charge in [0.2, 0.25) is 0 Å². The van der Waals surface area contributed by atoms with Crippen molar-refractivity contribution in [2.75, 3.05) is 13.2 Å². The number of carboxylic acids is 1. The number of rotatable bonds is 8. The molecule has 4 rings (SSSR count). The Morgan fingerprint density at radius 2 is 1.73 bits per heavy atom. The van der Waals surface area contributed by atoms with Crippen LogP contribution in [0.25, 0.3) is 0 Å². The Morgan fingerprint density at radius 1 is 0.962 bits per heavy atom. The molecule has 0 spiro atoms. The van der Waals surface area contributed by atoms with Crippen LogP contribution in [0.5, 0.6) is 11.5 Å². The Morgan fingerprint density at radius 3 is 2.46 bits per heavy atom. The van der Waals surface area contributed by atoms with Gasteiger partial charge in [-0.15, -0.1) is 0 Å². The van der Waals surface area contributed by atoms with Gasteiger partial charge >= 0.3 is 5.97 Å². The second kappa shape index (κ2) is 7.50. The van der Waals surface area contributed by atoms with Crippen molar-refractivity contribution < 1.29 is 19.4 Å². The Kier molecular flexibility index (Phi) is 4.93. The smallest absolute Gasteiger partial charge is 0.306 e. The number of benzene rings is 2. The third kappa shape index (κ3) is 4.07. The van der Waals surface area contributed by atoms with Crippen molar-refractivity contribution in [2.45, 2.75) is 25.2 Å². The van der Waals surface area contributed by atoms with E-state index in [0.29, 0.717) is 18.4 Å². The van der Waals surface area contributed by atoms with Gasteiger partial charge in [0.25, 0.3) is 0 Å². The zero-order valence-electron chi connectivity index (χ0n) is 14.7. The number of aliphatic carboxylic acids is 1. The maximum atomic E-state index is 10.8. The van der Waals surface area contributed by atoms with Gasteiger partial charge in [0.15, 0.2) is 0 Å². The highest BCUT2D eigenvalue weighted by Gasteiger charge is 2.43. The standard InChI is InChI=1S/C22H24O4/c23-22(24)21-12-18(21)14-25-13-15-9-17(10-15)16-5-4-8-20(11-16)26-19-6-2-1-3-7-19/h1-8,11,15,17-18,21H,9-10,12-14H2,(H,23,24)/t15?,17?,18-,21+/m1/s1. The van der Waals surface area contributed by atoms with Crippen molar-refractivity contribution in [1.82, 2.24) is 0 Å². The van der Waals surface area contributed by atoms with Crippen molar-refractivity contribution in [3.8, 4) is 11.5 Å². The molecule has 4 heteroatoms. The monoisotopic (exact) mass is 352 g/mol. The lowest BCUT2D eigenvalue weighted by Gasteiger charge is -2.35. The van der Waals surface area contributed by atoms with Crippen LogP contribution in [0.15, 0.2) is 54.6 Å². The quantitative estimate of drug-likeness (QED) is 0.747. The molecule has 26 heavy (non-hydrogen) atoms. The van der Waals surface area contributed by atoms with Crippen LogP contribution < -0.4 is 4.74 Å². The number of ether oxygens (including phenoxy) is 2. The number of carbonyl (C=O) groups is 1. The number of hydrogen-bond acceptors (Lipinski definition) is 3. The first kappa shape index (κ1) is 17.1. The van der Waals surface area contributed by atoms with Gasteiger partial charge in [-0.2, -0.15) is 0 Å². The van der Waals surface area contributed by atoms with Gasteiger partial charge in [-0.3, -0.25) is 4.79 Å². The fourth-order valence-corrected chi connectivity index (χ4v) is 3.72. The molecule has 2 fully saturated rings. The molecular formula is C22H24O4. The van der Waals surface area contributed by atoms with Crippen molar-refractivity contribution in [3.63, 3.8) is 0 Å². The van der Waals surface area contributed by atoms with E-state index in [1.807, 2.05) is 36.4 Å². The lowest BCUT2D eigenvalue weighted by molar-refractivity contribution is -0.139. The Balaban J connectivity index is 1.22. The summed E-state index contributed by atoms with van der Waals surface area (Å²) in [5.41, 5.74) is 1.32. The molecule has 2 aromatic rings. The summed E-state index contributed by atoms with van der Waals surface area (Å²) in [5, 5.41) is 8.90. The topological polar surface area (TPSA) is 55.8 Å². The Hall–Kier alpha value is -2.33. The molecule has 2 aliphatic carbocycles. The van der Waals surface area contributed by atoms with Crippen LogP contribution in [0.2, 0.25) is 0 Å². The Bertz CT molecular complexity index is 752. The molecule has 1 N–H and O–H groups in total. The minimum atomic E-state index is -0.681. The molecule has 4 nitrogen and oxygen atoms in total. The number of carboxylic acid groups (broad SMARTS) is 1. The van der Waals surface area contributed by atoms with Gasteiger partial charge in [0.05, 0.1) is 12.5 Å². The highest BCUT2D eigenvalue weighted by Crippen LogP contribution is 2.43. The van der Waals surface area contributed by atoms with Crippen molar-refractivity contribution >= 4 is 5.97 Å². The summed E-state index contributed by atoms with van der Waals surface area (Å²) in [6.45, 7) is 1.35. The largest absolute Gasteiger partial charge is 0.481 e. The predicted molar refractivity (Wildman–Crippen MR) is 98.5 cm³/mol. The van der Waals surface area contributed by atoms with Crippen LogP contribution in [0, 0.1) is 17.8 Å². The fourth-order valence-electron chi connectivity index (χ4n) is 3.72. The van der Waals surface area contributed by atoms with Crippen LogP contribution in [0.4, 0.5) is 0 Å². The van der Waals surface area contributed by atoms with Gasteiger partial charge in [-0.25, -0.2) is 0 Å². The van der Waals surface area contributed by atoms with Gasteiger partial charge in [0.1, 0.15) is 11.5 Å². The first-order valence-electron chi connectivity index (χ1n) is 9.32. The van der Waals surface area contributed by atoms with E-state index in [1.165, 1.54) is 5.56 Å². The summed E-state index contributed by atoms with van der Waals surface area (Å²) in [6.07, 6.45) is 3.03. The summed E-state index contributed by atoms with van der Waals surface area (Å²) in [6, 6.07) is 18.2. The summed E-state index contributed by atoms with van der Waals surface area (Å²) in [4.78, 5) is 10.8. The predicted octanol–water partition coefficient (Wildman–Crippen LogP) is 4.71. The van der Waals surface area contributed by atoms with Crippen LogP contribution in [-0.2, 0) is 9.53 Å². The zero-order chi connectivity index (χ0) is 17.9. The van der Waals surface area contributed by atoms with Crippen LogP contribution in [0.1, 0.15) is 30.7 Å². The molecule has 2 atom stereocenters. The lowest BCUT2D eigenvalue weighted by Crippen LogP contribution is -2.26. The minimum absolute atomic E-state index is 0.170.